The Hall–Kier alpha value is -1.91. The van der Waals surface area contributed by atoms with E-state index < -0.39 is 0 Å². The Bertz CT molecular complexity index is 496. The Morgan fingerprint density at radius 2 is 2.11 bits per heavy atom. The van der Waals surface area contributed by atoms with E-state index in [2.05, 4.69) is 38.7 Å². The third kappa shape index (κ3) is 2.67. The van der Waals surface area contributed by atoms with E-state index in [1.165, 1.54) is 0 Å². The van der Waals surface area contributed by atoms with Crippen molar-refractivity contribution in [2.45, 2.75) is 33.2 Å². The first-order valence-corrected chi connectivity index (χ1v) is 6.31. The Balaban J connectivity index is 2.28. The van der Waals surface area contributed by atoms with Crippen molar-refractivity contribution >= 4 is 5.82 Å². The topological polar surface area (TPSA) is 55.6 Å². The predicted octanol–water partition coefficient (Wildman–Crippen LogP) is 1.89. The van der Waals surface area contributed by atoms with E-state index in [1.807, 2.05) is 25.5 Å². The summed E-state index contributed by atoms with van der Waals surface area (Å²) in [7, 11) is 1.87. The van der Waals surface area contributed by atoms with Crippen molar-refractivity contribution in [3.63, 3.8) is 0 Å². The molecular weight excluding hydrogens is 226 g/mol. The molecule has 96 valence electrons. The number of nitrogens with one attached hydrogen (secondary N) is 1. The lowest BCUT2D eigenvalue weighted by molar-refractivity contribution is 0.706. The molecular formula is C13H19N5. The number of hydrogen-bond acceptors (Lipinski definition) is 4. The third-order valence-electron chi connectivity index (χ3n) is 2.88. The van der Waals surface area contributed by atoms with E-state index >= 15 is 0 Å². The van der Waals surface area contributed by atoms with Crippen LogP contribution in [-0.4, -0.2) is 26.6 Å². The summed E-state index contributed by atoms with van der Waals surface area (Å²) in [6, 6.07) is 1.98. The number of aryl methyl sites for hydroxylation is 2. The minimum atomic E-state index is 0.741. The van der Waals surface area contributed by atoms with Gasteiger partial charge in [0.1, 0.15) is 17.5 Å². The van der Waals surface area contributed by atoms with Crippen molar-refractivity contribution in [3.8, 4) is 0 Å². The van der Waals surface area contributed by atoms with Gasteiger partial charge in [-0.1, -0.05) is 6.92 Å². The monoisotopic (exact) mass is 245 g/mol. The van der Waals surface area contributed by atoms with E-state index in [0.29, 0.717) is 0 Å². The fourth-order valence-corrected chi connectivity index (χ4v) is 1.89. The molecule has 0 bridgehead atoms. The predicted molar refractivity (Wildman–Crippen MR) is 71.7 cm³/mol. The van der Waals surface area contributed by atoms with Gasteiger partial charge < -0.3 is 9.88 Å². The van der Waals surface area contributed by atoms with Gasteiger partial charge in [-0.15, -0.1) is 0 Å². The van der Waals surface area contributed by atoms with E-state index in [-0.39, 0.29) is 0 Å². The van der Waals surface area contributed by atoms with Crippen LogP contribution in [0.4, 0.5) is 5.82 Å². The average Bonchev–Trinajstić information content (AvgIpc) is 2.85. The molecule has 2 aromatic heterocycles. The van der Waals surface area contributed by atoms with Gasteiger partial charge in [0.25, 0.3) is 0 Å². The maximum Gasteiger partial charge on any atom is 0.130 e. The van der Waals surface area contributed by atoms with Gasteiger partial charge in [-0.05, 0) is 6.92 Å². The SMILES string of the molecule is CCc1nc(Cc2nccn2CC)cc(NC)n1. The van der Waals surface area contributed by atoms with Crippen molar-refractivity contribution in [1.82, 2.24) is 19.5 Å². The number of imidazole rings is 1. The van der Waals surface area contributed by atoms with Crippen LogP contribution in [0, 0.1) is 0 Å². The summed E-state index contributed by atoms with van der Waals surface area (Å²) in [5.41, 5.74) is 1.01. The molecule has 0 aliphatic rings. The number of aromatic nitrogens is 4. The fourth-order valence-electron chi connectivity index (χ4n) is 1.89. The molecule has 0 aliphatic heterocycles. The Labute approximate surface area is 107 Å². The van der Waals surface area contributed by atoms with Gasteiger partial charge in [-0.2, -0.15) is 0 Å². The molecule has 5 nitrogen and oxygen atoms in total. The number of hydrogen-bond donors (Lipinski definition) is 1. The van der Waals surface area contributed by atoms with Crippen molar-refractivity contribution < 1.29 is 0 Å². The molecule has 5 heteroatoms. The molecule has 0 saturated heterocycles. The van der Waals surface area contributed by atoms with Crippen LogP contribution in [0.2, 0.25) is 0 Å². The van der Waals surface area contributed by atoms with E-state index in [4.69, 9.17) is 0 Å². The first-order chi connectivity index (χ1) is 8.76. The molecule has 0 unspecified atom stereocenters. The van der Waals surface area contributed by atoms with Gasteiger partial charge in [0.15, 0.2) is 0 Å². The molecule has 0 fully saturated rings. The van der Waals surface area contributed by atoms with Crippen LogP contribution < -0.4 is 5.32 Å². The molecule has 0 aromatic carbocycles. The van der Waals surface area contributed by atoms with Crippen LogP contribution in [0.5, 0.6) is 0 Å². The standard InChI is InChI=1S/C13H19N5/c1-4-11-16-10(8-12(14-3)17-11)9-13-15-6-7-18(13)5-2/h6-8H,4-5,9H2,1-3H3,(H,14,16,17). The normalized spacial score (nSPS) is 10.6. The van der Waals surface area contributed by atoms with Gasteiger partial charge in [-0.3, -0.25) is 0 Å². The Morgan fingerprint density at radius 1 is 1.28 bits per heavy atom. The molecule has 18 heavy (non-hydrogen) atoms. The molecule has 2 heterocycles. The summed E-state index contributed by atoms with van der Waals surface area (Å²) in [4.78, 5) is 13.3. The van der Waals surface area contributed by atoms with Gasteiger partial charge in [-0.25, -0.2) is 15.0 Å². The number of anilines is 1. The Morgan fingerprint density at radius 3 is 2.78 bits per heavy atom. The smallest absolute Gasteiger partial charge is 0.130 e. The molecule has 0 saturated carbocycles. The fraction of sp³-hybridized carbons (Fsp3) is 0.462. The zero-order valence-electron chi connectivity index (χ0n) is 11.1. The largest absolute Gasteiger partial charge is 0.373 e. The second kappa shape index (κ2) is 5.62. The van der Waals surface area contributed by atoms with Crippen LogP contribution in [0.15, 0.2) is 18.5 Å². The lowest BCUT2D eigenvalue weighted by Gasteiger charge is -2.08. The van der Waals surface area contributed by atoms with Crippen molar-refractivity contribution in [2.75, 3.05) is 12.4 Å². The van der Waals surface area contributed by atoms with Gasteiger partial charge in [0.05, 0.1) is 5.69 Å². The maximum atomic E-state index is 4.55. The molecule has 1 N–H and O–H groups in total. The third-order valence-corrected chi connectivity index (χ3v) is 2.88. The molecule has 0 amide bonds. The van der Waals surface area contributed by atoms with Gasteiger partial charge >= 0.3 is 0 Å². The van der Waals surface area contributed by atoms with Crippen molar-refractivity contribution in [3.05, 3.63) is 35.8 Å². The molecule has 0 radical (unpaired) electrons. The summed E-state index contributed by atoms with van der Waals surface area (Å²) in [6.07, 6.45) is 5.41. The summed E-state index contributed by atoms with van der Waals surface area (Å²) < 4.78 is 2.13. The lowest BCUT2D eigenvalue weighted by atomic mass is 10.2. The van der Waals surface area contributed by atoms with Crippen molar-refractivity contribution in [2.24, 2.45) is 0 Å². The Kier molecular flexibility index (Phi) is 3.92. The first-order valence-electron chi connectivity index (χ1n) is 6.31. The highest BCUT2D eigenvalue weighted by Gasteiger charge is 2.07. The van der Waals surface area contributed by atoms with Crippen molar-refractivity contribution in [1.29, 1.82) is 0 Å². The molecule has 0 atom stereocenters. The minimum Gasteiger partial charge on any atom is -0.373 e. The van der Waals surface area contributed by atoms with Crippen LogP contribution in [0.3, 0.4) is 0 Å². The first kappa shape index (κ1) is 12.5. The zero-order valence-corrected chi connectivity index (χ0v) is 11.1. The molecule has 0 spiro atoms. The van der Waals surface area contributed by atoms with Crippen LogP contribution in [0.1, 0.15) is 31.2 Å². The summed E-state index contributed by atoms with van der Waals surface area (Å²) in [5, 5.41) is 3.07. The zero-order chi connectivity index (χ0) is 13.0. The quantitative estimate of drug-likeness (QED) is 0.874. The second-order valence-electron chi connectivity index (χ2n) is 4.07. The minimum absolute atomic E-state index is 0.741. The average molecular weight is 245 g/mol. The highest BCUT2D eigenvalue weighted by Crippen LogP contribution is 2.11. The highest BCUT2D eigenvalue weighted by atomic mass is 15.1. The van der Waals surface area contributed by atoms with E-state index in [9.17, 15) is 0 Å². The summed E-state index contributed by atoms with van der Waals surface area (Å²) >= 11 is 0. The molecule has 2 rings (SSSR count). The number of nitrogens with zero attached hydrogens (tertiary/aromatic N) is 4. The van der Waals surface area contributed by atoms with E-state index in [1.54, 1.807) is 0 Å². The van der Waals surface area contributed by atoms with E-state index in [0.717, 1.165) is 42.5 Å². The summed E-state index contributed by atoms with van der Waals surface area (Å²) in [5.74, 6) is 2.78. The molecule has 2 aromatic rings. The van der Waals surface area contributed by atoms with Crippen LogP contribution in [0.25, 0.3) is 0 Å². The highest BCUT2D eigenvalue weighted by molar-refractivity contribution is 5.36. The van der Waals surface area contributed by atoms with Crippen LogP contribution >= 0.6 is 0 Å². The van der Waals surface area contributed by atoms with Gasteiger partial charge in [0.2, 0.25) is 0 Å². The maximum absolute atomic E-state index is 4.55. The lowest BCUT2D eigenvalue weighted by Crippen LogP contribution is -2.07. The summed E-state index contributed by atoms with van der Waals surface area (Å²) in [6.45, 7) is 5.10. The van der Waals surface area contributed by atoms with Crippen LogP contribution in [-0.2, 0) is 19.4 Å². The van der Waals surface area contributed by atoms with Gasteiger partial charge in [0, 0.05) is 44.9 Å². The number of rotatable bonds is 5. The second-order valence-corrected chi connectivity index (χ2v) is 4.07. The molecule has 0 aliphatic carbocycles.